The van der Waals surface area contributed by atoms with E-state index in [9.17, 15) is 9.59 Å². The highest BCUT2D eigenvalue weighted by molar-refractivity contribution is 8.02. The minimum atomic E-state index is -0.683. The van der Waals surface area contributed by atoms with Crippen LogP contribution in [-0.2, 0) is 20.1 Å². The second kappa shape index (κ2) is 12.4. The van der Waals surface area contributed by atoms with Gasteiger partial charge in [-0.15, -0.1) is 0 Å². The number of ether oxygens (including phenoxy) is 1. The van der Waals surface area contributed by atoms with Gasteiger partial charge in [0.15, 0.2) is 4.34 Å². The molecule has 2 atom stereocenters. The fourth-order valence-corrected chi connectivity index (χ4v) is 5.61. The number of nitrogens with zero attached hydrogens (tertiary/aromatic N) is 2. The molecule has 6 nitrogen and oxygen atoms in total. The van der Waals surface area contributed by atoms with E-state index in [1.807, 2.05) is 43.5 Å². The lowest BCUT2D eigenvalue weighted by Gasteiger charge is -2.19. The Kier molecular flexibility index (Phi) is 10.2. The predicted octanol–water partition coefficient (Wildman–Crippen LogP) is 3.72. The summed E-state index contributed by atoms with van der Waals surface area (Å²) in [5.41, 5.74) is 1.17. The first-order chi connectivity index (χ1) is 13.6. The van der Waals surface area contributed by atoms with Crippen molar-refractivity contribution < 1.29 is 14.3 Å². The van der Waals surface area contributed by atoms with Crippen LogP contribution in [-0.4, -0.2) is 51.6 Å². The topological polar surface area (TPSA) is 81.2 Å². The highest BCUT2D eigenvalue weighted by Gasteiger charge is 2.27. The summed E-state index contributed by atoms with van der Waals surface area (Å²) >= 11 is 5.71. The van der Waals surface area contributed by atoms with E-state index in [2.05, 4.69) is 14.7 Å². The summed E-state index contributed by atoms with van der Waals surface area (Å²) in [6.07, 6.45) is 2.53. The van der Waals surface area contributed by atoms with Crippen LogP contribution in [0.4, 0.5) is 0 Å². The Balaban J connectivity index is 1.92. The quantitative estimate of drug-likeness (QED) is 0.404. The number of aromatic nitrogens is 2. The molecular weight excluding hydrogens is 434 g/mol. The van der Waals surface area contributed by atoms with E-state index in [4.69, 9.17) is 4.74 Å². The number of rotatable bonds is 11. The van der Waals surface area contributed by atoms with Crippen LogP contribution in [0.15, 0.2) is 39.8 Å². The molecular formula is C18H23N3O3S4. The Morgan fingerprint density at radius 1 is 1.29 bits per heavy atom. The maximum absolute atomic E-state index is 12.7. The Morgan fingerprint density at radius 3 is 2.64 bits per heavy atom. The average molecular weight is 458 g/mol. The molecule has 10 heteroatoms. The molecule has 0 fully saturated rings. The van der Waals surface area contributed by atoms with Crippen molar-refractivity contribution in [1.82, 2.24) is 14.7 Å². The van der Waals surface area contributed by atoms with Crippen molar-refractivity contribution in [3.8, 4) is 0 Å². The summed E-state index contributed by atoms with van der Waals surface area (Å²) in [6.45, 7) is 1.94. The van der Waals surface area contributed by atoms with Crippen molar-refractivity contribution in [2.45, 2.75) is 39.9 Å². The Bertz CT molecular complexity index is 758. The monoisotopic (exact) mass is 457 g/mol. The highest BCUT2D eigenvalue weighted by atomic mass is 32.2. The van der Waals surface area contributed by atoms with Crippen molar-refractivity contribution >= 4 is 58.7 Å². The molecule has 152 valence electrons. The van der Waals surface area contributed by atoms with E-state index in [0.29, 0.717) is 17.3 Å². The lowest BCUT2D eigenvalue weighted by Crippen LogP contribution is -2.46. The molecule has 0 radical (unpaired) electrons. The van der Waals surface area contributed by atoms with Crippen molar-refractivity contribution in [3.63, 3.8) is 0 Å². The molecule has 0 spiro atoms. The Labute approximate surface area is 182 Å². The van der Waals surface area contributed by atoms with E-state index in [1.54, 1.807) is 11.8 Å². The first-order valence-corrected chi connectivity index (χ1v) is 12.6. The molecule has 0 aliphatic rings. The molecule has 2 rings (SSSR count). The number of nitrogens with one attached hydrogen (secondary N) is 1. The van der Waals surface area contributed by atoms with Gasteiger partial charge in [0, 0.05) is 11.5 Å². The average Bonchev–Trinajstić information content (AvgIpc) is 3.19. The van der Waals surface area contributed by atoms with E-state index in [-0.39, 0.29) is 11.2 Å². The first kappa shape index (κ1) is 23.1. The van der Waals surface area contributed by atoms with Gasteiger partial charge >= 0.3 is 5.97 Å². The van der Waals surface area contributed by atoms with Gasteiger partial charge in [-0.1, -0.05) is 60.8 Å². The van der Waals surface area contributed by atoms with Crippen molar-refractivity contribution in [2.24, 2.45) is 0 Å². The van der Waals surface area contributed by atoms with Gasteiger partial charge in [0.2, 0.25) is 11.1 Å². The van der Waals surface area contributed by atoms with Crippen molar-refractivity contribution in [3.05, 3.63) is 35.9 Å². The van der Waals surface area contributed by atoms with Gasteiger partial charge in [-0.3, -0.25) is 4.79 Å². The molecule has 0 bridgehead atoms. The molecule has 0 saturated carbocycles. The summed E-state index contributed by atoms with van der Waals surface area (Å²) in [7, 11) is 1.33. The van der Waals surface area contributed by atoms with Gasteiger partial charge in [-0.05, 0) is 29.8 Å². The molecule has 0 unspecified atom stereocenters. The lowest BCUT2D eigenvalue weighted by atomic mass is 10.2. The molecule has 1 aromatic carbocycles. The number of hydrogen-bond acceptors (Lipinski definition) is 9. The summed E-state index contributed by atoms with van der Waals surface area (Å²) in [5.74, 6) is 0.584. The van der Waals surface area contributed by atoms with Gasteiger partial charge in [-0.2, -0.15) is 16.1 Å². The number of benzene rings is 1. The number of thioether (sulfide) groups is 3. The van der Waals surface area contributed by atoms with E-state index in [0.717, 1.165) is 10.1 Å². The smallest absolute Gasteiger partial charge is 0.329 e. The van der Waals surface area contributed by atoms with Gasteiger partial charge in [-0.25, -0.2) is 9.78 Å². The van der Waals surface area contributed by atoms with Crippen LogP contribution in [0.25, 0.3) is 0 Å². The molecule has 1 aromatic heterocycles. The number of carbonyl (C=O) groups excluding carboxylic acids is 2. The van der Waals surface area contributed by atoms with Crippen LogP contribution in [0.5, 0.6) is 0 Å². The maximum atomic E-state index is 12.7. The van der Waals surface area contributed by atoms with Crippen LogP contribution >= 0.6 is 46.8 Å². The third-order valence-corrected chi connectivity index (χ3v) is 7.59. The second-order valence-electron chi connectivity index (χ2n) is 5.65. The van der Waals surface area contributed by atoms with E-state index >= 15 is 0 Å². The zero-order valence-corrected chi connectivity index (χ0v) is 19.2. The third kappa shape index (κ3) is 7.31. The lowest BCUT2D eigenvalue weighted by molar-refractivity contribution is -0.144. The number of amides is 1. The minimum Gasteiger partial charge on any atom is -0.467 e. The molecule has 0 aliphatic heterocycles. The number of hydrogen-bond donors (Lipinski definition) is 1. The summed E-state index contributed by atoms with van der Waals surface area (Å²) in [5, 5.41) is 3.20. The van der Waals surface area contributed by atoms with Crippen LogP contribution in [0.1, 0.15) is 18.9 Å². The fraction of sp³-hybridized carbons (Fsp3) is 0.444. The number of methoxy groups -OCH3 is 1. The fourth-order valence-electron chi connectivity index (χ4n) is 2.22. The summed E-state index contributed by atoms with van der Waals surface area (Å²) in [6, 6.07) is 9.31. The molecule has 0 saturated heterocycles. The highest BCUT2D eigenvalue weighted by Crippen LogP contribution is 2.29. The van der Waals surface area contributed by atoms with Crippen LogP contribution in [0, 0.1) is 0 Å². The standard InChI is InChI=1S/C18H23N3O3S4/c1-4-14(27-18-20-17(25-3)21-28-18)15(22)19-13(16(23)24-2)11-26-10-12-8-6-5-7-9-12/h5-9,13-14H,4,10-11H2,1-3H3,(H,19,22)/t13-,14-/m0/s1. The van der Waals surface area contributed by atoms with Gasteiger partial charge in [0.25, 0.3) is 0 Å². The normalized spacial score (nSPS) is 13.0. The predicted molar refractivity (Wildman–Crippen MR) is 118 cm³/mol. The summed E-state index contributed by atoms with van der Waals surface area (Å²) in [4.78, 5) is 29.2. The summed E-state index contributed by atoms with van der Waals surface area (Å²) < 4.78 is 9.83. The van der Waals surface area contributed by atoms with E-state index < -0.39 is 12.0 Å². The van der Waals surface area contributed by atoms with Gasteiger partial charge in [0.1, 0.15) is 6.04 Å². The SMILES string of the molecule is CC[C@H](Sc1nc(SC)ns1)C(=O)N[C@@H](CSCc1ccccc1)C(=O)OC. The van der Waals surface area contributed by atoms with Gasteiger partial charge < -0.3 is 10.1 Å². The number of carbonyl (C=O) groups is 2. The molecule has 28 heavy (non-hydrogen) atoms. The number of esters is 1. The largest absolute Gasteiger partial charge is 0.467 e. The molecule has 0 aliphatic carbocycles. The molecule has 1 N–H and O–H groups in total. The minimum absolute atomic E-state index is 0.191. The Morgan fingerprint density at radius 2 is 2.04 bits per heavy atom. The zero-order chi connectivity index (χ0) is 20.4. The molecule has 2 aromatic rings. The second-order valence-corrected chi connectivity index (χ2v) is 9.65. The molecule has 1 amide bonds. The maximum Gasteiger partial charge on any atom is 0.329 e. The van der Waals surface area contributed by atoms with Gasteiger partial charge in [0.05, 0.1) is 12.4 Å². The van der Waals surface area contributed by atoms with Crippen LogP contribution < -0.4 is 5.32 Å². The Hall–Kier alpha value is -1.23. The van der Waals surface area contributed by atoms with Crippen LogP contribution in [0.3, 0.4) is 0 Å². The molecule has 1 heterocycles. The zero-order valence-electron chi connectivity index (χ0n) is 15.9. The van der Waals surface area contributed by atoms with E-state index in [1.165, 1.54) is 47.7 Å². The third-order valence-electron chi connectivity index (χ3n) is 3.68. The van der Waals surface area contributed by atoms with Crippen molar-refractivity contribution in [1.29, 1.82) is 0 Å². The van der Waals surface area contributed by atoms with Crippen molar-refractivity contribution in [2.75, 3.05) is 19.1 Å². The first-order valence-electron chi connectivity index (χ1n) is 8.61. The van der Waals surface area contributed by atoms with Crippen LogP contribution in [0.2, 0.25) is 0 Å².